The van der Waals surface area contributed by atoms with Crippen LogP contribution in [0.1, 0.15) is 15.9 Å². The van der Waals surface area contributed by atoms with Crippen LogP contribution in [0.5, 0.6) is 11.5 Å². The number of methoxy groups -OCH3 is 2. The predicted molar refractivity (Wildman–Crippen MR) is 86.0 cm³/mol. The van der Waals surface area contributed by atoms with Gasteiger partial charge >= 0.3 is 0 Å². The summed E-state index contributed by atoms with van der Waals surface area (Å²) in [5.41, 5.74) is 0.949. The monoisotopic (exact) mass is 313 g/mol. The molecule has 0 bridgehead atoms. The Morgan fingerprint density at radius 1 is 1.04 bits per heavy atom. The van der Waals surface area contributed by atoms with Gasteiger partial charge in [0.05, 0.1) is 24.7 Å². The molecule has 6 nitrogen and oxygen atoms in total. The van der Waals surface area contributed by atoms with Crippen LogP contribution < -0.4 is 9.47 Å². The lowest BCUT2D eigenvalue weighted by molar-refractivity contribution is -0.384. The first-order valence-electron chi connectivity index (χ1n) is 6.74. The number of nitro groups is 1. The molecule has 6 heteroatoms. The summed E-state index contributed by atoms with van der Waals surface area (Å²) in [5.74, 6) is 0.891. The highest BCUT2D eigenvalue weighted by molar-refractivity contribution is 6.07. The molecule has 0 amide bonds. The molecule has 0 N–H and O–H groups in total. The summed E-state index contributed by atoms with van der Waals surface area (Å²) in [6, 6.07) is 10.7. The van der Waals surface area contributed by atoms with Gasteiger partial charge < -0.3 is 9.47 Å². The maximum Gasteiger partial charge on any atom is 0.269 e. The van der Waals surface area contributed by atoms with Gasteiger partial charge in [0.15, 0.2) is 5.78 Å². The largest absolute Gasteiger partial charge is 0.496 e. The van der Waals surface area contributed by atoms with Crippen molar-refractivity contribution in [2.45, 2.75) is 0 Å². The van der Waals surface area contributed by atoms with Gasteiger partial charge in [0.1, 0.15) is 11.5 Å². The van der Waals surface area contributed by atoms with Crippen molar-refractivity contribution in [2.75, 3.05) is 14.2 Å². The highest BCUT2D eigenvalue weighted by Gasteiger charge is 2.09. The molecule has 0 aromatic heterocycles. The normalized spacial score (nSPS) is 10.5. The van der Waals surface area contributed by atoms with E-state index in [9.17, 15) is 14.9 Å². The second-order valence-corrected chi connectivity index (χ2v) is 4.58. The van der Waals surface area contributed by atoms with Crippen LogP contribution in [-0.4, -0.2) is 24.9 Å². The van der Waals surface area contributed by atoms with Crippen molar-refractivity contribution < 1.29 is 19.2 Å². The fourth-order valence-corrected chi connectivity index (χ4v) is 2.05. The smallest absolute Gasteiger partial charge is 0.269 e. The Kier molecular flexibility index (Phi) is 5.09. The maximum atomic E-state index is 12.2. The molecule has 0 radical (unpaired) electrons. The third kappa shape index (κ3) is 3.74. The molecule has 2 rings (SSSR count). The number of hydrogen-bond donors (Lipinski definition) is 0. The molecule has 118 valence electrons. The predicted octanol–water partition coefficient (Wildman–Crippen LogP) is 3.51. The molecule has 0 spiro atoms. The molecule has 0 aliphatic heterocycles. The molecule has 2 aromatic rings. The zero-order chi connectivity index (χ0) is 16.8. The van der Waals surface area contributed by atoms with Gasteiger partial charge in [0.2, 0.25) is 0 Å². The van der Waals surface area contributed by atoms with E-state index in [-0.39, 0.29) is 11.5 Å². The van der Waals surface area contributed by atoms with Crippen molar-refractivity contribution in [2.24, 2.45) is 0 Å². The van der Waals surface area contributed by atoms with Gasteiger partial charge in [-0.15, -0.1) is 0 Å². The highest BCUT2D eigenvalue weighted by Crippen LogP contribution is 2.29. The molecule has 0 unspecified atom stereocenters. The number of nitrogens with zero attached hydrogens (tertiary/aromatic N) is 1. The van der Waals surface area contributed by atoms with E-state index in [0.29, 0.717) is 22.6 Å². The summed E-state index contributed by atoms with van der Waals surface area (Å²) in [4.78, 5) is 22.3. The number of carbonyl (C=O) groups excluding carboxylic acids is 1. The number of allylic oxidation sites excluding steroid dienone is 1. The minimum Gasteiger partial charge on any atom is -0.496 e. The topological polar surface area (TPSA) is 78.7 Å². The number of carbonyl (C=O) groups is 1. The SMILES string of the molecule is COc1cccc(OC)c1C=CC(=O)c1ccc([N+](=O)[O-])cc1. The molecule has 0 atom stereocenters. The molecule has 0 saturated heterocycles. The molecular weight excluding hydrogens is 298 g/mol. The van der Waals surface area contributed by atoms with Gasteiger partial charge in [-0.05, 0) is 36.4 Å². The average molecular weight is 313 g/mol. The number of hydrogen-bond acceptors (Lipinski definition) is 5. The summed E-state index contributed by atoms with van der Waals surface area (Å²) >= 11 is 0. The van der Waals surface area contributed by atoms with Crippen molar-refractivity contribution in [1.29, 1.82) is 0 Å². The lowest BCUT2D eigenvalue weighted by atomic mass is 10.1. The van der Waals surface area contributed by atoms with Crippen LogP contribution in [0.4, 0.5) is 5.69 Å². The van der Waals surface area contributed by atoms with Crippen molar-refractivity contribution in [3.05, 3.63) is 69.8 Å². The lowest BCUT2D eigenvalue weighted by Gasteiger charge is -2.09. The van der Waals surface area contributed by atoms with Gasteiger partial charge in [-0.3, -0.25) is 14.9 Å². The third-order valence-electron chi connectivity index (χ3n) is 3.23. The fourth-order valence-electron chi connectivity index (χ4n) is 2.05. The van der Waals surface area contributed by atoms with Gasteiger partial charge in [-0.1, -0.05) is 6.07 Å². The summed E-state index contributed by atoms with van der Waals surface area (Å²) in [5, 5.41) is 10.6. The number of nitro benzene ring substituents is 1. The third-order valence-corrected chi connectivity index (χ3v) is 3.23. The Labute approximate surface area is 133 Å². The van der Waals surface area contributed by atoms with Crippen LogP contribution in [0.3, 0.4) is 0 Å². The Bertz CT molecular complexity index is 728. The van der Waals surface area contributed by atoms with Crippen LogP contribution >= 0.6 is 0 Å². The number of rotatable bonds is 6. The minimum atomic E-state index is -0.510. The van der Waals surface area contributed by atoms with E-state index >= 15 is 0 Å². The average Bonchev–Trinajstić information content (AvgIpc) is 2.59. The summed E-state index contributed by atoms with van der Waals surface area (Å²) in [7, 11) is 3.06. The van der Waals surface area contributed by atoms with Crippen molar-refractivity contribution in [3.8, 4) is 11.5 Å². The van der Waals surface area contributed by atoms with Gasteiger partial charge in [-0.2, -0.15) is 0 Å². The van der Waals surface area contributed by atoms with E-state index in [1.165, 1.54) is 44.6 Å². The Morgan fingerprint density at radius 2 is 1.61 bits per heavy atom. The van der Waals surface area contributed by atoms with Crippen LogP contribution in [-0.2, 0) is 0 Å². The lowest BCUT2D eigenvalue weighted by Crippen LogP contribution is -1.96. The number of ether oxygens (including phenoxy) is 2. The number of benzene rings is 2. The molecule has 0 aliphatic carbocycles. The second kappa shape index (κ2) is 7.22. The summed E-state index contributed by atoms with van der Waals surface area (Å²) in [6.45, 7) is 0. The van der Waals surface area contributed by atoms with Crippen LogP contribution in [0, 0.1) is 10.1 Å². The minimum absolute atomic E-state index is 0.0584. The highest BCUT2D eigenvalue weighted by atomic mass is 16.6. The Balaban J connectivity index is 2.26. The standard InChI is InChI=1S/C17H15NO5/c1-22-16-4-3-5-17(23-2)14(16)10-11-15(19)12-6-8-13(9-7-12)18(20)21/h3-11H,1-2H3. The molecule has 0 saturated carbocycles. The van der Waals surface area contributed by atoms with E-state index in [2.05, 4.69) is 0 Å². The summed E-state index contributed by atoms with van der Waals surface area (Å²) in [6.07, 6.45) is 2.98. The first-order valence-corrected chi connectivity index (χ1v) is 6.74. The van der Waals surface area contributed by atoms with E-state index in [0.717, 1.165) is 0 Å². The molecule has 0 aliphatic rings. The zero-order valence-corrected chi connectivity index (χ0v) is 12.7. The maximum absolute atomic E-state index is 12.2. The quantitative estimate of drug-likeness (QED) is 0.353. The van der Waals surface area contributed by atoms with Crippen LogP contribution in [0.25, 0.3) is 6.08 Å². The summed E-state index contributed by atoms with van der Waals surface area (Å²) < 4.78 is 10.5. The number of non-ortho nitro benzene ring substituents is 1. The first kappa shape index (κ1) is 16.2. The molecule has 0 heterocycles. The van der Waals surface area contributed by atoms with Crippen molar-refractivity contribution >= 4 is 17.5 Å². The fraction of sp³-hybridized carbons (Fsp3) is 0.118. The molecule has 23 heavy (non-hydrogen) atoms. The van der Waals surface area contributed by atoms with Gasteiger partial charge in [-0.25, -0.2) is 0 Å². The van der Waals surface area contributed by atoms with Crippen molar-refractivity contribution in [1.82, 2.24) is 0 Å². The van der Waals surface area contributed by atoms with E-state index in [1.54, 1.807) is 24.3 Å². The van der Waals surface area contributed by atoms with E-state index in [4.69, 9.17) is 9.47 Å². The van der Waals surface area contributed by atoms with E-state index in [1.807, 2.05) is 0 Å². The van der Waals surface area contributed by atoms with Gasteiger partial charge in [0, 0.05) is 17.7 Å². The first-order chi connectivity index (χ1) is 11.1. The van der Waals surface area contributed by atoms with Crippen LogP contribution in [0.15, 0.2) is 48.5 Å². The van der Waals surface area contributed by atoms with Gasteiger partial charge in [0.25, 0.3) is 5.69 Å². The van der Waals surface area contributed by atoms with E-state index < -0.39 is 4.92 Å². The Morgan fingerprint density at radius 3 is 2.09 bits per heavy atom. The Hall–Kier alpha value is -3.15. The molecular formula is C17H15NO5. The molecule has 2 aromatic carbocycles. The van der Waals surface area contributed by atoms with Crippen molar-refractivity contribution in [3.63, 3.8) is 0 Å². The second-order valence-electron chi connectivity index (χ2n) is 4.58. The zero-order valence-electron chi connectivity index (χ0n) is 12.7. The molecule has 0 fully saturated rings. The van der Waals surface area contributed by atoms with Crippen LogP contribution in [0.2, 0.25) is 0 Å². The number of ketones is 1.